The van der Waals surface area contributed by atoms with Gasteiger partial charge in [-0.25, -0.2) is 14.8 Å². The molecule has 0 unspecified atom stereocenters. The number of piperidine rings is 1. The monoisotopic (exact) mass is 493 g/mol. The first-order chi connectivity index (χ1) is 17.2. The first-order valence-corrected chi connectivity index (χ1v) is 11.9. The highest BCUT2D eigenvalue weighted by Gasteiger charge is 2.49. The molecular formula is C27H31N3O6. The highest BCUT2D eigenvalue weighted by Crippen LogP contribution is 2.42. The number of hydrogen-bond acceptors (Lipinski definition) is 6. The maximum Gasteiger partial charge on any atom is 0.343 e. The lowest BCUT2D eigenvalue weighted by atomic mass is 9.78. The number of aromatic nitrogens is 1. The highest BCUT2D eigenvalue weighted by atomic mass is 16.5. The van der Waals surface area contributed by atoms with E-state index in [9.17, 15) is 19.9 Å². The number of ether oxygens (including phenoxy) is 1. The second-order valence-corrected chi connectivity index (χ2v) is 9.38. The first kappa shape index (κ1) is 25.2. The average molecular weight is 494 g/mol. The summed E-state index contributed by atoms with van der Waals surface area (Å²) in [6.07, 6.45) is 0.215. The largest absolute Gasteiger partial charge is 0.497 e. The number of urea groups is 1. The molecule has 0 atom stereocenters. The summed E-state index contributed by atoms with van der Waals surface area (Å²) >= 11 is 0. The van der Waals surface area contributed by atoms with E-state index in [0.29, 0.717) is 28.2 Å². The summed E-state index contributed by atoms with van der Waals surface area (Å²) in [4.78, 5) is 30.9. The van der Waals surface area contributed by atoms with E-state index in [-0.39, 0.29) is 31.8 Å². The number of carboxylic acids is 1. The lowest BCUT2D eigenvalue weighted by Gasteiger charge is -2.37. The molecule has 2 amide bonds. The molecule has 1 aliphatic heterocycles. The van der Waals surface area contributed by atoms with Crippen molar-refractivity contribution in [3.63, 3.8) is 0 Å². The molecule has 2 heterocycles. The van der Waals surface area contributed by atoms with Crippen LogP contribution in [0.15, 0.2) is 52.9 Å². The van der Waals surface area contributed by atoms with Crippen LogP contribution in [0.3, 0.4) is 0 Å². The minimum atomic E-state index is -1.40. The van der Waals surface area contributed by atoms with Crippen molar-refractivity contribution in [1.82, 2.24) is 14.9 Å². The Labute approximate surface area is 209 Å². The number of aliphatic carboxylic acids is 1. The fourth-order valence-corrected chi connectivity index (χ4v) is 4.49. The molecule has 1 saturated heterocycles. The number of carbonyl (C=O) groups is 2. The van der Waals surface area contributed by atoms with Crippen molar-refractivity contribution in [1.29, 1.82) is 0 Å². The zero-order valence-corrected chi connectivity index (χ0v) is 20.9. The van der Waals surface area contributed by atoms with Gasteiger partial charge in [0.1, 0.15) is 16.9 Å². The maximum absolute atomic E-state index is 12.6. The lowest BCUT2D eigenvalue weighted by molar-refractivity contribution is -0.147. The third-order valence-electron chi connectivity index (χ3n) is 6.81. The third kappa shape index (κ3) is 4.66. The van der Waals surface area contributed by atoms with Crippen LogP contribution in [0.1, 0.15) is 44.1 Å². The van der Waals surface area contributed by atoms with Crippen LogP contribution in [-0.2, 0) is 10.2 Å². The second kappa shape index (κ2) is 10.0. The van der Waals surface area contributed by atoms with Crippen LogP contribution in [0, 0.1) is 0 Å². The summed E-state index contributed by atoms with van der Waals surface area (Å²) in [6.45, 7) is 4.53. The fraction of sp³-hybridized carbons (Fsp3) is 0.370. The van der Waals surface area contributed by atoms with Crippen LogP contribution in [-0.4, -0.2) is 64.5 Å². The first-order valence-electron chi connectivity index (χ1n) is 11.9. The number of hydrogen-bond donors (Lipinski definition) is 2. The normalized spacial score (nSPS) is 15.1. The van der Waals surface area contributed by atoms with Crippen LogP contribution < -0.4 is 4.74 Å². The quantitative estimate of drug-likeness (QED) is 0.367. The van der Waals surface area contributed by atoms with Gasteiger partial charge in [-0.2, -0.15) is 0 Å². The van der Waals surface area contributed by atoms with E-state index in [2.05, 4.69) is 13.8 Å². The average Bonchev–Trinajstić information content (AvgIpc) is 3.34. The molecule has 2 aromatic carbocycles. The number of oxazole rings is 1. The van der Waals surface area contributed by atoms with Crippen molar-refractivity contribution in [3.05, 3.63) is 60.0 Å². The number of likely N-dealkylation sites (tertiary alicyclic amines) is 1. The molecule has 3 aromatic rings. The molecule has 0 saturated carbocycles. The SMILES string of the molecule is COc1ccc(-c2nc(C3(C(=O)O)CCN(C(=O)N(C)O)CC3)oc2-c2ccc(C(C)C)cc2)cc1. The van der Waals surface area contributed by atoms with Crippen LogP contribution >= 0.6 is 0 Å². The Kier molecular flexibility index (Phi) is 7.03. The van der Waals surface area contributed by atoms with Gasteiger partial charge in [0.15, 0.2) is 5.76 Å². The Bertz CT molecular complexity index is 1220. The second-order valence-electron chi connectivity index (χ2n) is 9.38. The zero-order chi connectivity index (χ0) is 26.0. The van der Waals surface area contributed by atoms with Crippen molar-refractivity contribution in [2.75, 3.05) is 27.2 Å². The number of amides is 2. The molecule has 1 fully saturated rings. The van der Waals surface area contributed by atoms with Crippen LogP contribution in [0.2, 0.25) is 0 Å². The summed E-state index contributed by atoms with van der Waals surface area (Å²) in [5, 5.41) is 20.3. The van der Waals surface area contributed by atoms with Crippen molar-refractivity contribution < 1.29 is 29.1 Å². The minimum Gasteiger partial charge on any atom is -0.497 e. The Morgan fingerprint density at radius 1 is 1.06 bits per heavy atom. The lowest BCUT2D eigenvalue weighted by Crippen LogP contribution is -2.51. The number of methoxy groups -OCH3 is 1. The third-order valence-corrected chi connectivity index (χ3v) is 6.81. The van der Waals surface area contributed by atoms with E-state index in [1.807, 2.05) is 48.5 Å². The zero-order valence-electron chi connectivity index (χ0n) is 20.9. The van der Waals surface area contributed by atoms with Gasteiger partial charge in [0.25, 0.3) is 0 Å². The Morgan fingerprint density at radius 2 is 1.64 bits per heavy atom. The summed E-state index contributed by atoms with van der Waals surface area (Å²) in [6, 6.07) is 14.7. The standard InChI is InChI=1S/C27H31N3O6/c1-17(2)18-5-7-20(8-6-18)23-22(19-9-11-21(35-4)12-10-19)28-24(36-23)27(25(31)32)13-15-30(16-14-27)26(33)29(3)34/h5-12,17,34H,13-16H2,1-4H3,(H,31,32). The fourth-order valence-electron chi connectivity index (χ4n) is 4.49. The summed E-state index contributed by atoms with van der Waals surface area (Å²) < 4.78 is 11.5. The Hall–Kier alpha value is -3.85. The van der Waals surface area contributed by atoms with E-state index >= 15 is 0 Å². The molecule has 0 radical (unpaired) electrons. The molecule has 36 heavy (non-hydrogen) atoms. The number of hydroxylamine groups is 2. The van der Waals surface area contributed by atoms with Crippen molar-refractivity contribution >= 4 is 12.0 Å². The molecule has 0 bridgehead atoms. The summed E-state index contributed by atoms with van der Waals surface area (Å²) in [5.74, 6) is 0.592. The number of carbonyl (C=O) groups excluding carboxylic acids is 1. The summed E-state index contributed by atoms with van der Waals surface area (Å²) in [5.41, 5.74) is 1.88. The van der Waals surface area contributed by atoms with Crippen molar-refractivity contribution in [2.45, 2.75) is 38.0 Å². The molecule has 2 N–H and O–H groups in total. The van der Waals surface area contributed by atoms with Crippen LogP contribution in [0.25, 0.3) is 22.6 Å². The van der Waals surface area contributed by atoms with E-state index in [0.717, 1.165) is 11.1 Å². The Morgan fingerprint density at radius 3 is 2.14 bits per heavy atom. The molecule has 1 aliphatic rings. The Balaban J connectivity index is 1.78. The molecule has 0 aliphatic carbocycles. The molecule has 0 spiro atoms. The van der Waals surface area contributed by atoms with Crippen molar-refractivity contribution in [2.24, 2.45) is 0 Å². The molecule has 9 nitrogen and oxygen atoms in total. The van der Waals surface area contributed by atoms with Gasteiger partial charge in [0.2, 0.25) is 5.89 Å². The molecular weight excluding hydrogens is 462 g/mol. The van der Waals surface area contributed by atoms with Crippen LogP contribution in [0.5, 0.6) is 5.75 Å². The molecule has 9 heteroatoms. The summed E-state index contributed by atoms with van der Waals surface area (Å²) in [7, 11) is 2.83. The van der Waals surface area contributed by atoms with Gasteiger partial charge in [-0.15, -0.1) is 0 Å². The highest BCUT2D eigenvalue weighted by molar-refractivity contribution is 5.83. The number of rotatable bonds is 6. The van der Waals surface area contributed by atoms with Gasteiger partial charge in [-0.05, 0) is 48.6 Å². The maximum atomic E-state index is 12.6. The molecule has 1 aromatic heterocycles. The van der Waals surface area contributed by atoms with Gasteiger partial charge < -0.3 is 19.2 Å². The smallest absolute Gasteiger partial charge is 0.343 e. The molecule has 4 rings (SSSR count). The van der Waals surface area contributed by atoms with E-state index in [1.54, 1.807) is 7.11 Å². The predicted molar refractivity (Wildman–Crippen MR) is 133 cm³/mol. The topological polar surface area (TPSA) is 116 Å². The van der Waals surface area contributed by atoms with E-state index in [1.165, 1.54) is 17.5 Å². The van der Waals surface area contributed by atoms with E-state index < -0.39 is 17.4 Å². The van der Waals surface area contributed by atoms with Gasteiger partial charge in [0.05, 0.1) is 7.11 Å². The van der Waals surface area contributed by atoms with Crippen molar-refractivity contribution in [3.8, 4) is 28.3 Å². The van der Waals surface area contributed by atoms with Gasteiger partial charge in [0, 0.05) is 31.3 Å². The van der Waals surface area contributed by atoms with Gasteiger partial charge in [-0.3, -0.25) is 10.0 Å². The molecule has 190 valence electrons. The van der Waals surface area contributed by atoms with Gasteiger partial charge >= 0.3 is 12.0 Å². The van der Waals surface area contributed by atoms with Crippen LogP contribution in [0.4, 0.5) is 4.79 Å². The predicted octanol–water partition coefficient (Wildman–Crippen LogP) is 5.00. The minimum absolute atomic E-state index is 0.105. The van der Waals surface area contributed by atoms with Gasteiger partial charge in [-0.1, -0.05) is 38.1 Å². The number of carboxylic acid groups (broad SMARTS) is 1. The number of nitrogens with zero attached hydrogens (tertiary/aromatic N) is 3. The number of benzene rings is 2. The van der Waals surface area contributed by atoms with E-state index in [4.69, 9.17) is 14.1 Å².